The SMILES string of the molecule is CCC(CC)N(CCO)C(=O)c1sccc1C#CCN. The number of amides is 1. The van der Waals surface area contributed by atoms with Gasteiger partial charge in [-0.15, -0.1) is 11.3 Å². The van der Waals surface area contributed by atoms with E-state index < -0.39 is 0 Å². The van der Waals surface area contributed by atoms with Gasteiger partial charge >= 0.3 is 0 Å². The molecule has 0 saturated heterocycles. The molecular weight excluding hydrogens is 272 g/mol. The van der Waals surface area contributed by atoms with Crippen LogP contribution in [0.3, 0.4) is 0 Å². The number of nitrogens with zero attached hydrogens (tertiary/aromatic N) is 1. The minimum atomic E-state index is -0.0518. The number of carbonyl (C=O) groups excluding carboxylic acids is 1. The van der Waals surface area contributed by atoms with Crippen LogP contribution in [0.5, 0.6) is 0 Å². The van der Waals surface area contributed by atoms with Crippen LogP contribution in [-0.4, -0.2) is 41.7 Å². The molecule has 0 aliphatic rings. The van der Waals surface area contributed by atoms with Gasteiger partial charge in [-0.3, -0.25) is 4.79 Å². The lowest BCUT2D eigenvalue weighted by atomic mass is 10.1. The highest BCUT2D eigenvalue weighted by Gasteiger charge is 2.24. The summed E-state index contributed by atoms with van der Waals surface area (Å²) in [6.07, 6.45) is 1.74. The van der Waals surface area contributed by atoms with Gasteiger partial charge < -0.3 is 15.7 Å². The van der Waals surface area contributed by atoms with Gasteiger partial charge in [0, 0.05) is 18.2 Å². The Bertz CT molecular complexity index is 484. The van der Waals surface area contributed by atoms with Crippen LogP contribution < -0.4 is 5.73 Å². The van der Waals surface area contributed by atoms with E-state index in [0.717, 1.165) is 18.4 Å². The van der Waals surface area contributed by atoms with E-state index in [1.165, 1.54) is 11.3 Å². The lowest BCUT2D eigenvalue weighted by Gasteiger charge is -2.29. The van der Waals surface area contributed by atoms with Crippen molar-refractivity contribution >= 4 is 17.2 Å². The second kappa shape index (κ2) is 8.75. The number of thiophene rings is 1. The molecule has 110 valence electrons. The number of nitrogens with two attached hydrogens (primary N) is 1. The minimum absolute atomic E-state index is 0.0303. The van der Waals surface area contributed by atoms with E-state index in [-0.39, 0.29) is 25.1 Å². The number of hydrogen-bond acceptors (Lipinski definition) is 4. The third kappa shape index (κ3) is 4.07. The number of rotatable bonds is 6. The number of carbonyl (C=O) groups is 1. The van der Waals surface area contributed by atoms with Crippen molar-refractivity contribution in [3.8, 4) is 11.8 Å². The molecule has 1 rings (SSSR count). The predicted molar refractivity (Wildman–Crippen MR) is 82.7 cm³/mol. The Morgan fingerprint density at radius 3 is 2.75 bits per heavy atom. The monoisotopic (exact) mass is 294 g/mol. The third-order valence-corrected chi connectivity index (χ3v) is 4.07. The van der Waals surface area contributed by atoms with Crippen LogP contribution in [0.1, 0.15) is 41.9 Å². The highest BCUT2D eigenvalue weighted by atomic mass is 32.1. The van der Waals surface area contributed by atoms with Gasteiger partial charge in [0.1, 0.15) is 4.88 Å². The molecule has 0 saturated carbocycles. The molecule has 0 atom stereocenters. The van der Waals surface area contributed by atoms with Crippen molar-refractivity contribution in [2.24, 2.45) is 5.73 Å². The molecule has 20 heavy (non-hydrogen) atoms. The van der Waals surface area contributed by atoms with Crippen molar-refractivity contribution in [3.05, 3.63) is 21.9 Å². The van der Waals surface area contributed by atoms with Crippen molar-refractivity contribution < 1.29 is 9.90 Å². The lowest BCUT2D eigenvalue weighted by molar-refractivity contribution is 0.0627. The Labute approximate surface area is 124 Å². The topological polar surface area (TPSA) is 66.6 Å². The zero-order valence-corrected chi connectivity index (χ0v) is 12.9. The predicted octanol–water partition coefficient (Wildman–Crippen LogP) is 1.68. The number of aliphatic hydroxyl groups excluding tert-OH is 1. The summed E-state index contributed by atoms with van der Waals surface area (Å²) in [4.78, 5) is 15.0. The molecule has 0 aromatic carbocycles. The summed E-state index contributed by atoms with van der Waals surface area (Å²) < 4.78 is 0. The molecule has 0 bridgehead atoms. The summed E-state index contributed by atoms with van der Waals surface area (Å²) >= 11 is 1.38. The highest BCUT2D eigenvalue weighted by Crippen LogP contribution is 2.21. The van der Waals surface area contributed by atoms with Crippen LogP contribution >= 0.6 is 11.3 Å². The van der Waals surface area contributed by atoms with Crippen molar-refractivity contribution in [1.29, 1.82) is 0 Å². The van der Waals surface area contributed by atoms with Crippen LogP contribution in [0, 0.1) is 11.8 Å². The normalized spacial score (nSPS) is 10.2. The standard InChI is InChI=1S/C15H22N2O2S/c1-3-13(4-2)17(9-10-18)15(19)14-12(6-5-8-16)7-11-20-14/h7,11,13,18H,3-4,8-10,16H2,1-2H3. The van der Waals surface area contributed by atoms with Crippen LogP contribution in [0.25, 0.3) is 0 Å². The Hall–Kier alpha value is -1.35. The van der Waals surface area contributed by atoms with E-state index >= 15 is 0 Å². The van der Waals surface area contributed by atoms with Gasteiger partial charge in [0.05, 0.1) is 13.2 Å². The first-order valence-electron chi connectivity index (χ1n) is 6.87. The number of hydrogen-bond donors (Lipinski definition) is 2. The van der Waals surface area contributed by atoms with E-state index in [2.05, 4.69) is 25.7 Å². The molecule has 4 nitrogen and oxygen atoms in total. The van der Waals surface area contributed by atoms with Crippen LogP contribution in [0.2, 0.25) is 0 Å². The lowest BCUT2D eigenvalue weighted by Crippen LogP contribution is -2.41. The molecule has 0 aliphatic carbocycles. The number of aliphatic hydroxyl groups is 1. The second-order valence-electron chi connectivity index (χ2n) is 4.36. The maximum atomic E-state index is 12.7. The van der Waals surface area contributed by atoms with E-state index in [4.69, 9.17) is 5.73 Å². The fourth-order valence-electron chi connectivity index (χ4n) is 2.14. The van der Waals surface area contributed by atoms with Gasteiger partial charge in [0.25, 0.3) is 5.91 Å². The Balaban J connectivity index is 3.03. The van der Waals surface area contributed by atoms with Gasteiger partial charge in [0.15, 0.2) is 0 Å². The molecule has 0 spiro atoms. The summed E-state index contributed by atoms with van der Waals surface area (Å²) in [7, 11) is 0. The average molecular weight is 294 g/mol. The summed E-state index contributed by atoms with van der Waals surface area (Å²) in [6.45, 7) is 4.70. The van der Waals surface area contributed by atoms with E-state index in [1.807, 2.05) is 11.4 Å². The molecule has 0 aliphatic heterocycles. The van der Waals surface area contributed by atoms with Gasteiger partial charge in [-0.1, -0.05) is 25.7 Å². The minimum Gasteiger partial charge on any atom is -0.395 e. The first kappa shape index (κ1) is 16.7. The zero-order chi connectivity index (χ0) is 15.0. The first-order chi connectivity index (χ1) is 9.69. The van der Waals surface area contributed by atoms with Crippen LogP contribution in [0.4, 0.5) is 0 Å². The molecule has 5 heteroatoms. The molecule has 3 N–H and O–H groups in total. The molecular formula is C15H22N2O2S. The molecule has 0 radical (unpaired) electrons. The maximum Gasteiger partial charge on any atom is 0.265 e. The smallest absolute Gasteiger partial charge is 0.265 e. The van der Waals surface area contributed by atoms with E-state index in [0.29, 0.717) is 11.4 Å². The second-order valence-corrected chi connectivity index (χ2v) is 5.28. The molecule has 1 amide bonds. The van der Waals surface area contributed by atoms with Gasteiger partial charge in [-0.25, -0.2) is 0 Å². The average Bonchev–Trinajstić information content (AvgIpc) is 2.93. The van der Waals surface area contributed by atoms with Gasteiger partial charge in [-0.05, 0) is 24.3 Å². The quantitative estimate of drug-likeness (QED) is 0.785. The Kier molecular flexibility index (Phi) is 7.31. The molecule has 1 heterocycles. The summed E-state index contributed by atoms with van der Waals surface area (Å²) in [5.74, 6) is 5.66. The molecule has 1 aromatic heterocycles. The van der Waals surface area contributed by atoms with Gasteiger partial charge in [-0.2, -0.15) is 0 Å². The van der Waals surface area contributed by atoms with E-state index in [9.17, 15) is 9.90 Å². The van der Waals surface area contributed by atoms with Crippen molar-refractivity contribution in [2.75, 3.05) is 19.7 Å². The molecule has 0 unspecified atom stereocenters. The fraction of sp³-hybridized carbons (Fsp3) is 0.533. The largest absolute Gasteiger partial charge is 0.395 e. The van der Waals surface area contributed by atoms with Crippen LogP contribution in [0.15, 0.2) is 11.4 Å². The zero-order valence-electron chi connectivity index (χ0n) is 12.1. The Morgan fingerprint density at radius 2 is 2.20 bits per heavy atom. The highest BCUT2D eigenvalue weighted by molar-refractivity contribution is 7.12. The van der Waals surface area contributed by atoms with Gasteiger partial charge in [0.2, 0.25) is 0 Å². The summed E-state index contributed by atoms with van der Waals surface area (Å²) in [5, 5.41) is 11.1. The fourth-order valence-corrected chi connectivity index (χ4v) is 2.94. The summed E-state index contributed by atoms with van der Waals surface area (Å²) in [6, 6.07) is 1.98. The van der Waals surface area contributed by atoms with E-state index in [1.54, 1.807) is 4.90 Å². The Morgan fingerprint density at radius 1 is 1.50 bits per heavy atom. The maximum absolute atomic E-state index is 12.7. The van der Waals surface area contributed by atoms with Crippen molar-refractivity contribution in [3.63, 3.8) is 0 Å². The van der Waals surface area contributed by atoms with Crippen molar-refractivity contribution in [1.82, 2.24) is 4.90 Å². The molecule has 1 aromatic rings. The first-order valence-corrected chi connectivity index (χ1v) is 7.75. The molecule has 0 fully saturated rings. The summed E-state index contributed by atoms with van der Waals surface area (Å²) in [5.41, 5.74) is 6.09. The van der Waals surface area contributed by atoms with Crippen molar-refractivity contribution in [2.45, 2.75) is 32.7 Å². The van der Waals surface area contributed by atoms with Crippen LogP contribution in [-0.2, 0) is 0 Å². The third-order valence-electron chi connectivity index (χ3n) is 3.17.